The van der Waals surface area contributed by atoms with Crippen LogP contribution in [0.2, 0.25) is 0 Å². The quantitative estimate of drug-likeness (QED) is 0.329. The molecule has 29 heavy (non-hydrogen) atoms. The summed E-state index contributed by atoms with van der Waals surface area (Å²) in [6.45, 7) is -0.464. The van der Waals surface area contributed by atoms with E-state index in [-0.39, 0.29) is 34.1 Å². The molecule has 0 fully saturated rings. The first kappa shape index (κ1) is 21.1. The lowest BCUT2D eigenvalue weighted by Gasteiger charge is -2.09. The molecule has 0 bridgehead atoms. The van der Waals surface area contributed by atoms with E-state index in [0.717, 1.165) is 23.1 Å². The molecule has 3 heterocycles. The third-order valence-electron chi connectivity index (χ3n) is 3.56. The van der Waals surface area contributed by atoms with Gasteiger partial charge in [-0.05, 0) is 24.3 Å². The van der Waals surface area contributed by atoms with Gasteiger partial charge in [0.1, 0.15) is 17.1 Å². The molecule has 3 aromatic heterocycles. The molecule has 3 aromatic rings. The molecule has 0 unspecified atom stereocenters. The van der Waals surface area contributed by atoms with Crippen LogP contribution in [-0.4, -0.2) is 44.1 Å². The van der Waals surface area contributed by atoms with Gasteiger partial charge in [0.25, 0.3) is 0 Å². The van der Waals surface area contributed by atoms with Crippen LogP contribution in [0.4, 0.5) is 13.2 Å². The number of carbonyl (C=O) groups is 2. The molecule has 0 aliphatic rings. The molecule has 0 spiro atoms. The highest BCUT2D eigenvalue weighted by Gasteiger charge is 2.35. The number of aromatic nitrogens is 3. The molecule has 0 saturated carbocycles. The van der Waals surface area contributed by atoms with Crippen LogP contribution in [0, 0.1) is 0 Å². The Morgan fingerprint density at radius 2 is 2.00 bits per heavy atom. The van der Waals surface area contributed by atoms with Crippen LogP contribution in [0.5, 0.6) is 0 Å². The van der Waals surface area contributed by atoms with Gasteiger partial charge in [0.15, 0.2) is 5.78 Å². The lowest BCUT2D eigenvalue weighted by Crippen LogP contribution is -2.25. The molecule has 3 rings (SSSR count). The van der Waals surface area contributed by atoms with E-state index < -0.39 is 24.5 Å². The van der Waals surface area contributed by atoms with E-state index in [1.54, 1.807) is 12.1 Å². The first-order chi connectivity index (χ1) is 13.8. The normalized spacial score (nSPS) is 11.6. The van der Waals surface area contributed by atoms with E-state index in [0.29, 0.717) is 9.75 Å². The number of alkyl halides is 3. The van der Waals surface area contributed by atoms with Crippen LogP contribution in [0.1, 0.15) is 20.4 Å². The predicted octanol–water partition coefficient (Wildman–Crippen LogP) is 2.69. The zero-order valence-corrected chi connectivity index (χ0v) is 16.2. The fraction of sp³-hybridized carbons (Fsp3) is 0.235. The van der Waals surface area contributed by atoms with Gasteiger partial charge in [-0.2, -0.15) is 13.2 Å². The van der Waals surface area contributed by atoms with E-state index in [1.807, 2.05) is 0 Å². The highest BCUT2D eigenvalue weighted by atomic mass is 32.2. The van der Waals surface area contributed by atoms with E-state index in [9.17, 15) is 22.8 Å². The van der Waals surface area contributed by atoms with Crippen molar-refractivity contribution < 1.29 is 27.9 Å². The zero-order valence-electron chi connectivity index (χ0n) is 14.6. The number of thiophene rings is 1. The molecular formula is C17H13F3N4O3S2. The summed E-state index contributed by atoms with van der Waals surface area (Å²) in [5.41, 5.74) is 0.236. The summed E-state index contributed by atoms with van der Waals surface area (Å²) < 4.78 is 39.2. The highest BCUT2D eigenvalue weighted by molar-refractivity contribution is 8.00. The van der Waals surface area contributed by atoms with Gasteiger partial charge in [-0.1, -0.05) is 11.8 Å². The van der Waals surface area contributed by atoms with Gasteiger partial charge in [-0.3, -0.25) is 14.6 Å². The van der Waals surface area contributed by atoms with Crippen molar-refractivity contribution in [2.75, 3.05) is 12.4 Å². The topological polar surface area (TPSA) is 105 Å². The maximum atomic E-state index is 13.1. The number of amides is 1. The number of Topliss-reactive ketones (excluding diaryl/α,β-unsaturated/α-hetero) is 1. The number of carbonyl (C=O) groups excluding carboxylic acids is 2. The molecule has 7 nitrogen and oxygen atoms in total. The number of nitrogens with zero attached hydrogens (tertiary/aromatic N) is 3. The molecular weight excluding hydrogens is 429 g/mol. The maximum Gasteiger partial charge on any atom is 0.451 e. The lowest BCUT2D eigenvalue weighted by atomic mass is 10.3. The Morgan fingerprint density at radius 3 is 2.72 bits per heavy atom. The Kier molecular flexibility index (Phi) is 6.45. The second kappa shape index (κ2) is 8.84. The minimum atomic E-state index is -4.72. The summed E-state index contributed by atoms with van der Waals surface area (Å²) in [6.07, 6.45) is -3.30. The van der Waals surface area contributed by atoms with Crippen molar-refractivity contribution in [1.82, 2.24) is 20.3 Å². The number of hydrogen-bond donors (Lipinski definition) is 2. The number of pyridine rings is 1. The summed E-state index contributed by atoms with van der Waals surface area (Å²) in [6, 6.07) is 6.10. The first-order valence-electron chi connectivity index (χ1n) is 8.10. The smallest absolute Gasteiger partial charge is 0.387 e. The summed E-state index contributed by atoms with van der Waals surface area (Å²) >= 11 is 2.01. The number of fused-ring (bicyclic) bond motifs is 1. The molecule has 0 radical (unpaired) electrons. The third kappa shape index (κ3) is 5.28. The Labute approximate surface area is 170 Å². The molecule has 1 amide bonds. The van der Waals surface area contributed by atoms with E-state index in [2.05, 4.69) is 20.3 Å². The van der Waals surface area contributed by atoms with Crippen LogP contribution < -0.4 is 5.32 Å². The maximum absolute atomic E-state index is 13.1. The standard InChI is InChI=1S/C17H13F3N4O3S2/c18-17(19,20)16-23-10-2-1-5-21-14(10)15(24-16)28-8-11(26)12-4-3-9(29-12)6-22-13(27)7-25/h1-5,25H,6-8H2,(H,22,27). The van der Waals surface area contributed by atoms with E-state index >= 15 is 0 Å². The number of rotatable bonds is 7. The average Bonchev–Trinajstić information content (AvgIpc) is 3.18. The fourth-order valence-electron chi connectivity index (χ4n) is 2.24. The molecule has 0 aliphatic heterocycles. The number of halogens is 3. The van der Waals surface area contributed by atoms with Crippen molar-refractivity contribution in [3.63, 3.8) is 0 Å². The number of thioether (sulfide) groups is 1. The zero-order chi connectivity index (χ0) is 21.0. The Hall–Kier alpha value is -2.57. The van der Waals surface area contributed by atoms with Gasteiger partial charge >= 0.3 is 6.18 Å². The Morgan fingerprint density at radius 1 is 1.21 bits per heavy atom. The van der Waals surface area contributed by atoms with Crippen molar-refractivity contribution >= 4 is 45.8 Å². The van der Waals surface area contributed by atoms with E-state index in [1.165, 1.54) is 18.3 Å². The number of ketones is 1. The van der Waals surface area contributed by atoms with Gasteiger partial charge in [0.05, 0.1) is 22.7 Å². The largest absolute Gasteiger partial charge is 0.451 e. The number of hydrogen-bond acceptors (Lipinski definition) is 8. The van der Waals surface area contributed by atoms with Crippen molar-refractivity contribution in [1.29, 1.82) is 0 Å². The second-order valence-electron chi connectivity index (χ2n) is 5.63. The molecule has 0 aromatic carbocycles. The number of aliphatic hydroxyl groups excluding tert-OH is 1. The molecule has 12 heteroatoms. The van der Waals surface area contributed by atoms with E-state index in [4.69, 9.17) is 5.11 Å². The Balaban J connectivity index is 1.74. The van der Waals surface area contributed by atoms with Crippen LogP contribution >= 0.6 is 23.1 Å². The highest BCUT2D eigenvalue weighted by Crippen LogP contribution is 2.31. The monoisotopic (exact) mass is 442 g/mol. The van der Waals surface area contributed by atoms with Crippen molar-refractivity contribution in [2.24, 2.45) is 0 Å². The molecule has 2 N–H and O–H groups in total. The van der Waals surface area contributed by atoms with Gasteiger partial charge < -0.3 is 10.4 Å². The Bertz CT molecular complexity index is 1060. The molecule has 0 saturated heterocycles. The van der Waals surface area contributed by atoms with Crippen molar-refractivity contribution in [3.05, 3.63) is 46.0 Å². The summed E-state index contributed by atoms with van der Waals surface area (Å²) in [4.78, 5) is 35.6. The average molecular weight is 442 g/mol. The predicted molar refractivity (Wildman–Crippen MR) is 101 cm³/mol. The van der Waals surface area contributed by atoms with Gasteiger partial charge in [-0.15, -0.1) is 11.3 Å². The molecule has 0 atom stereocenters. The number of aliphatic hydroxyl groups is 1. The van der Waals surface area contributed by atoms with Gasteiger partial charge in [-0.25, -0.2) is 9.97 Å². The third-order valence-corrected chi connectivity index (χ3v) is 5.65. The van der Waals surface area contributed by atoms with Crippen LogP contribution in [-0.2, 0) is 17.5 Å². The SMILES string of the molecule is O=C(CO)NCc1ccc(C(=O)CSc2nc(C(F)(F)F)nc3cccnc23)s1. The van der Waals surface area contributed by atoms with Gasteiger partial charge in [0.2, 0.25) is 11.7 Å². The second-order valence-corrected chi connectivity index (χ2v) is 7.77. The number of nitrogens with one attached hydrogen (secondary N) is 1. The minimum Gasteiger partial charge on any atom is -0.387 e. The van der Waals surface area contributed by atoms with Crippen LogP contribution in [0.15, 0.2) is 35.5 Å². The van der Waals surface area contributed by atoms with Gasteiger partial charge in [0, 0.05) is 11.1 Å². The lowest BCUT2D eigenvalue weighted by molar-refractivity contribution is -0.145. The summed E-state index contributed by atoms with van der Waals surface area (Å²) in [5.74, 6) is -2.25. The minimum absolute atomic E-state index is 0.0248. The summed E-state index contributed by atoms with van der Waals surface area (Å²) in [5, 5.41) is 11.1. The van der Waals surface area contributed by atoms with Crippen molar-refractivity contribution in [3.8, 4) is 0 Å². The van der Waals surface area contributed by atoms with Crippen molar-refractivity contribution in [2.45, 2.75) is 17.7 Å². The van der Waals surface area contributed by atoms with Crippen LogP contribution in [0.25, 0.3) is 11.0 Å². The van der Waals surface area contributed by atoms with Crippen LogP contribution in [0.3, 0.4) is 0 Å². The molecule has 152 valence electrons. The molecule has 0 aliphatic carbocycles. The summed E-state index contributed by atoms with van der Waals surface area (Å²) in [7, 11) is 0. The first-order valence-corrected chi connectivity index (χ1v) is 9.90. The fourth-order valence-corrected chi connectivity index (χ4v) is 4.08.